The van der Waals surface area contributed by atoms with Crippen molar-refractivity contribution in [3.63, 3.8) is 0 Å². The summed E-state index contributed by atoms with van der Waals surface area (Å²) in [6.45, 7) is 4.83. The summed E-state index contributed by atoms with van der Waals surface area (Å²) in [5.74, 6) is -1.31. The van der Waals surface area contributed by atoms with Gasteiger partial charge in [-0.3, -0.25) is 9.59 Å². The number of carbonyl (C=O) groups is 3. The van der Waals surface area contributed by atoms with Crippen LogP contribution in [-0.4, -0.2) is 41.6 Å². The number of hydrogen-bond acceptors (Lipinski definition) is 5. The molecule has 312 valence electrons. The molecular formula is C47H84N2O5. The topological polar surface area (TPSA) is 119 Å². The van der Waals surface area contributed by atoms with E-state index in [0.717, 1.165) is 77.0 Å². The molecule has 0 fully saturated rings. The second kappa shape index (κ2) is 41.5. The van der Waals surface area contributed by atoms with Crippen LogP contribution in [0, 0.1) is 0 Å². The van der Waals surface area contributed by atoms with Crippen LogP contribution in [0.5, 0.6) is 0 Å². The molecule has 0 aliphatic heterocycles. The van der Waals surface area contributed by atoms with Gasteiger partial charge < -0.3 is 20.9 Å². The number of nitrogens with one attached hydrogen (secondary N) is 1. The van der Waals surface area contributed by atoms with E-state index >= 15 is 0 Å². The first kappa shape index (κ1) is 51.3. The molecule has 0 aliphatic rings. The van der Waals surface area contributed by atoms with Crippen LogP contribution in [0.4, 0.5) is 0 Å². The zero-order chi connectivity index (χ0) is 39.6. The highest BCUT2D eigenvalue weighted by atomic mass is 16.5. The summed E-state index contributed by atoms with van der Waals surface area (Å²) in [7, 11) is 0. The van der Waals surface area contributed by atoms with E-state index in [0.29, 0.717) is 38.6 Å². The zero-order valence-corrected chi connectivity index (χ0v) is 35.1. The number of allylic oxidation sites excluding steroid dienone is 8. The first-order valence-electron chi connectivity index (χ1n) is 22.5. The SMILES string of the molecule is CC/C=C\C/C=C\C/C=C\C/C=C\CCC(=O)OC(CCCCCCCCCCCCCCCCC)CCCCCCCC(=O)NC(CCCN)C(=O)O. The van der Waals surface area contributed by atoms with Crippen molar-refractivity contribution in [3.8, 4) is 0 Å². The number of rotatable bonds is 40. The Morgan fingerprint density at radius 1 is 0.556 bits per heavy atom. The zero-order valence-electron chi connectivity index (χ0n) is 35.1. The van der Waals surface area contributed by atoms with Crippen molar-refractivity contribution in [1.82, 2.24) is 5.32 Å². The lowest BCUT2D eigenvalue weighted by molar-refractivity contribution is -0.149. The van der Waals surface area contributed by atoms with Crippen LogP contribution in [0.25, 0.3) is 0 Å². The number of aliphatic carboxylic acids is 1. The van der Waals surface area contributed by atoms with Crippen LogP contribution < -0.4 is 11.1 Å². The summed E-state index contributed by atoms with van der Waals surface area (Å²) in [5, 5.41) is 11.9. The van der Waals surface area contributed by atoms with Gasteiger partial charge in [0.2, 0.25) is 5.91 Å². The first-order chi connectivity index (χ1) is 26.4. The molecule has 1 amide bonds. The van der Waals surface area contributed by atoms with Gasteiger partial charge in [-0.2, -0.15) is 0 Å². The van der Waals surface area contributed by atoms with E-state index in [2.05, 4.69) is 67.8 Å². The molecule has 0 aromatic rings. The molecule has 0 aromatic heterocycles. The third-order valence-corrected chi connectivity index (χ3v) is 9.92. The van der Waals surface area contributed by atoms with Gasteiger partial charge in [0.25, 0.3) is 0 Å². The summed E-state index contributed by atoms with van der Waals surface area (Å²) in [5.41, 5.74) is 5.49. The van der Waals surface area contributed by atoms with Crippen molar-refractivity contribution >= 4 is 17.8 Å². The lowest BCUT2D eigenvalue weighted by Gasteiger charge is -2.18. The molecular weight excluding hydrogens is 673 g/mol. The van der Waals surface area contributed by atoms with Crippen molar-refractivity contribution in [3.05, 3.63) is 48.6 Å². The molecule has 2 atom stereocenters. The molecule has 0 saturated carbocycles. The molecule has 7 heteroatoms. The van der Waals surface area contributed by atoms with Crippen LogP contribution in [0.2, 0.25) is 0 Å². The highest BCUT2D eigenvalue weighted by Crippen LogP contribution is 2.19. The molecule has 0 radical (unpaired) electrons. The number of unbranched alkanes of at least 4 members (excludes halogenated alkanes) is 18. The normalized spacial score (nSPS) is 13.1. The van der Waals surface area contributed by atoms with Crippen molar-refractivity contribution < 1.29 is 24.2 Å². The van der Waals surface area contributed by atoms with E-state index in [9.17, 15) is 19.5 Å². The van der Waals surface area contributed by atoms with Gasteiger partial charge in [-0.15, -0.1) is 0 Å². The van der Waals surface area contributed by atoms with Crippen molar-refractivity contribution in [1.29, 1.82) is 0 Å². The van der Waals surface area contributed by atoms with Gasteiger partial charge in [0.05, 0.1) is 0 Å². The van der Waals surface area contributed by atoms with Crippen LogP contribution in [0.15, 0.2) is 48.6 Å². The van der Waals surface area contributed by atoms with E-state index < -0.39 is 12.0 Å². The monoisotopic (exact) mass is 757 g/mol. The van der Waals surface area contributed by atoms with Gasteiger partial charge in [-0.25, -0.2) is 4.79 Å². The number of esters is 1. The summed E-state index contributed by atoms with van der Waals surface area (Å²) >= 11 is 0. The Bertz CT molecular complexity index is 989. The minimum absolute atomic E-state index is 0.0239. The lowest BCUT2D eigenvalue weighted by atomic mass is 10.0. The predicted molar refractivity (Wildman–Crippen MR) is 230 cm³/mol. The second-order valence-electron chi connectivity index (χ2n) is 15.1. The standard InChI is InChI=1S/C47H84N2O5/c1-3-5-7-9-11-13-15-17-18-20-21-23-25-28-32-37-43(38-33-29-27-30-34-40-45(50)49-44(47(52)53)39-36-42-48)54-46(51)41-35-31-26-24-22-19-16-14-12-10-8-6-4-2/h6,8,12,14,19,22,26,31,43-44H,3-5,7,9-11,13,15-18,20-21,23-25,27-30,32-42,48H2,1-2H3,(H,49,50)(H,52,53)/b8-6-,14-12-,22-19-,31-26-. The van der Waals surface area contributed by atoms with Crippen molar-refractivity contribution in [2.75, 3.05) is 6.54 Å². The molecule has 0 rings (SSSR count). The van der Waals surface area contributed by atoms with Gasteiger partial charge in [0.1, 0.15) is 12.1 Å². The predicted octanol–water partition coefficient (Wildman–Crippen LogP) is 12.8. The van der Waals surface area contributed by atoms with E-state index in [1.807, 2.05) is 0 Å². The highest BCUT2D eigenvalue weighted by molar-refractivity contribution is 5.83. The number of nitrogens with two attached hydrogens (primary N) is 1. The molecule has 0 saturated heterocycles. The Morgan fingerprint density at radius 3 is 1.46 bits per heavy atom. The van der Waals surface area contributed by atoms with Gasteiger partial charge in [-0.1, -0.05) is 172 Å². The summed E-state index contributed by atoms with van der Waals surface area (Å²) in [6.07, 6.45) is 50.2. The maximum Gasteiger partial charge on any atom is 0.326 e. The Morgan fingerprint density at radius 2 is 1.00 bits per heavy atom. The van der Waals surface area contributed by atoms with Crippen LogP contribution >= 0.6 is 0 Å². The lowest BCUT2D eigenvalue weighted by Crippen LogP contribution is -2.40. The Labute approximate surface area is 332 Å². The molecule has 2 unspecified atom stereocenters. The summed E-state index contributed by atoms with van der Waals surface area (Å²) in [4.78, 5) is 36.4. The number of carboxylic acids is 1. The Hall–Kier alpha value is -2.67. The molecule has 0 aliphatic carbocycles. The fourth-order valence-electron chi connectivity index (χ4n) is 6.58. The summed E-state index contributed by atoms with van der Waals surface area (Å²) < 4.78 is 6.01. The van der Waals surface area contributed by atoms with Crippen molar-refractivity contribution in [2.24, 2.45) is 5.73 Å². The quantitative estimate of drug-likeness (QED) is 0.0325. The molecule has 4 N–H and O–H groups in total. The molecule has 0 spiro atoms. The minimum atomic E-state index is -1.01. The maximum absolute atomic E-state index is 12.8. The molecule has 7 nitrogen and oxygen atoms in total. The van der Waals surface area contributed by atoms with Gasteiger partial charge in [-0.05, 0) is 83.6 Å². The van der Waals surface area contributed by atoms with Crippen molar-refractivity contribution in [2.45, 2.75) is 225 Å². The largest absolute Gasteiger partial charge is 0.480 e. The van der Waals surface area contributed by atoms with E-state index in [1.165, 1.54) is 89.9 Å². The second-order valence-corrected chi connectivity index (χ2v) is 15.1. The number of amides is 1. The fourth-order valence-corrected chi connectivity index (χ4v) is 6.58. The van der Waals surface area contributed by atoms with Crippen LogP contribution in [0.3, 0.4) is 0 Å². The number of carbonyl (C=O) groups excluding carboxylic acids is 2. The number of hydrogen-bond donors (Lipinski definition) is 3. The smallest absolute Gasteiger partial charge is 0.326 e. The maximum atomic E-state index is 12.8. The number of carboxylic acid groups (broad SMARTS) is 1. The minimum Gasteiger partial charge on any atom is -0.480 e. The van der Waals surface area contributed by atoms with E-state index in [1.54, 1.807) is 0 Å². The average molecular weight is 757 g/mol. The van der Waals surface area contributed by atoms with Gasteiger partial charge in [0, 0.05) is 12.8 Å². The average Bonchev–Trinajstić information content (AvgIpc) is 3.16. The van der Waals surface area contributed by atoms with E-state index in [-0.39, 0.29) is 18.0 Å². The first-order valence-corrected chi connectivity index (χ1v) is 22.5. The molecule has 0 aromatic carbocycles. The van der Waals surface area contributed by atoms with Gasteiger partial charge in [0.15, 0.2) is 0 Å². The van der Waals surface area contributed by atoms with Crippen LogP contribution in [0.1, 0.15) is 213 Å². The molecule has 0 bridgehead atoms. The third kappa shape index (κ3) is 37.6. The van der Waals surface area contributed by atoms with Gasteiger partial charge >= 0.3 is 11.9 Å². The third-order valence-electron chi connectivity index (χ3n) is 9.92. The molecule has 0 heterocycles. The Kier molecular flexibility index (Phi) is 39.4. The fraction of sp³-hybridized carbons (Fsp3) is 0.766. The Balaban J connectivity index is 4.42. The van der Waals surface area contributed by atoms with E-state index in [4.69, 9.17) is 10.5 Å². The number of ether oxygens (including phenoxy) is 1. The molecule has 54 heavy (non-hydrogen) atoms. The highest BCUT2D eigenvalue weighted by Gasteiger charge is 2.19. The summed E-state index contributed by atoms with van der Waals surface area (Å²) in [6, 6.07) is -0.862. The van der Waals surface area contributed by atoms with Crippen LogP contribution in [-0.2, 0) is 19.1 Å².